The van der Waals surface area contributed by atoms with E-state index >= 15 is 0 Å². The molecule has 2 N–H and O–H groups in total. The molecule has 1 aliphatic heterocycles. The highest BCUT2D eigenvalue weighted by molar-refractivity contribution is 6.30. The summed E-state index contributed by atoms with van der Waals surface area (Å²) in [6.07, 6.45) is -3.91. The molecule has 5 nitrogen and oxygen atoms in total. The molecule has 0 spiro atoms. The Bertz CT molecular complexity index is 1090. The molecule has 174 valence electrons. The van der Waals surface area contributed by atoms with Gasteiger partial charge in [0.25, 0.3) is 0 Å². The van der Waals surface area contributed by atoms with Crippen molar-refractivity contribution in [1.29, 1.82) is 0 Å². The smallest absolute Gasteiger partial charge is 0.392 e. The Labute approximate surface area is 194 Å². The number of carbonyl (C=O) groups excluding carboxylic acids is 1. The van der Waals surface area contributed by atoms with Gasteiger partial charge in [-0.1, -0.05) is 35.9 Å². The summed E-state index contributed by atoms with van der Waals surface area (Å²) in [5.74, 6) is -0.234. The van der Waals surface area contributed by atoms with Gasteiger partial charge in [-0.3, -0.25) is 9.79 Å². The minimum Gasteiger partial charge on any atom is -0.392 e. The predicted molar refractivity (Wildman–Crippen MR) is 122 cm³/mol. The van der Waals surface area contributed by atoms with Crippen LogP contribution in [0.5, 0.6) is 0 Å². The van der Waals surface area contributed by atoms with Gasteiger partial charge in [-0.25, -0.2) is 0 Å². The number of anilines is 1. The van der Waals surface area contributed by atoms with Crippen LogP contribution in [0, 0.1) is 0 Å². The van der Waals surface area contributed by atoms with Crippen molar-refractivity contribution >= 4 is 35.5 Å². The maximum atomic E-state index is 13.0. The summed E-state index contributed by atoms with van der Waals surface area (Å²) in [7, 11) is 0. The van der Waals surface area contributed by atoms with Crippen molar-refractivity contribution in [3.8, 4) is 0 Å². The van der Waals surface area contributed by atoms with Gasteiger partial charge in [0.05, 0.1) is 19.8 Å². The molecule has 2 aromatic carbocycles. The Morgan fingerprint density at radius 3 is 2.27 bits per heavy atom. The summed E-state index contributed by atoms with van der Waals surface area (Å²) < 4.78 is 44.3. The van der Waals surface area contributed by atoms with Crippen LogP contribution in [0.2, 0.25) is 5.02 Å². The number of aliphatic hydroxyl groups is 1. The van der Waals surface area contributed by atoms with Gasteiger partial charge in [0.2, 0.25) is 5.91 Å². The lowest BCUT2D eigenvalue weighted by atomic mass is 9.77. The Morgan fingerprint density at radius 2 is 1.82 bits per heavy atom. The second-order valence-electron chi connectivity index (χ2n) is 7.61. The topological polar surface area (TPSA) is 70.9 Å². The molecule has 0 saturated carbocycles. The van der Waals surface area contributed by atoms with Crippen LogP contribution in [0.15, 0.2) is 70.9 Å². The lowest BCUT2D eigenvalue weighted by Gasteiger charge is -2.40. The molecule has 3 rings (SSSR count). The zero-order valence-corrected chi connectivity index (χ0v) is 18.5. The third kappa shape index (κ3) is 5.35. The fraction of sp³-hybridized carbons (Fsp3) is 0.250. The van der Waals surface area contributed by atoms with Crippen LogP contribution in [-0.4, -0.2) is 43.7 Å². The molecular formula is C24H22ClF3N2O3. The minimum absolute atomic E-state index is 0.0599. The van der Waals surface area contributed by atoms with Gasteiger partial charge in [0, 0.05) is 10.7 Å². The van der Waals surface area contributed by atoms with Crippen molar-refractivity contribution in [2.75, 3.05) is 25.1 Å². The summed E-state index contributed by atoms with van der Waals surface area (Å²) in [5.41, 5.74) is 0.336. The first kappa shape index (κ1) is 24.7. The maximum Gasteiger partial charge on any atom is 0.433 e. The third-order valence-electron chi connectivity index (χ3n) is 5.53. The van der Waals surface area contributed by atoms with Crippen LogP contribution in [0.1, 0.15) is 18.1 Å². The molecule has 1 heterocycles. The Morgan fingerprint density at radius 1 is 1.21 bits per heavy atom. The van der Waals surface area contributed by atoms with E-state index in [-0.39, 0.29) is 24.7 Å². The van der Waals surface area contributed by atoms with Crippen molar-refractivity contribution in [3.05, 3.63) is 82.0 Å². The minimum atomic E-state index is -4.68. The first-order chi connectivity index (χ1) is 15.6. The molecule has 2 aromatic rings. The first-order valence-corrected chi connectivity index (χ1v) is 10.3. The number of nitrogens with zero attached hydrogens (tertiary/aromatic N) is 1. The third-order valence-corrected chi connectivity index (χ3v) is 5.78. The molecule has 9 heteroatoms. The quantitative estimate of drug-likeness (QED) is 0.426. The van der Waals surface area contributed by atoms with Crippen LogP contribution in [0.4, 0.5) is 18.9 Å². The molecular weight excluding hydrogens is 457 g/mol. The van der Waals surface area contributed by atoms with Crippen molar-refractivity contribution < 1.29 is 27.8 Å². The van der Waals surface area contributed by atoms with Gasteiger partial charge >= 0.3 is 6.18 Å². The fourth-order valence-electron chi connectivity index (χ4n) is 3.40. The van der Waals surface area contributed by atoms with E-state index in [0.29, 0.717) is 27.4 Å². The summed E-state index contributed by atoms with van der Waals surface area (Å²) in [4.78, 5) is 16.0. The van der Waals surface area contributed by atoms with Crippen LogP contribution in [0.3, 0.4) is 0 Å². The van der Waals surface area contributed by atoms with Crippen molar-refractivity contribution in [1.82, 2.24) is 0 Å². The second-order valence-corrected chi connectivity index (χ2v) is 8.04. The van der Waals surface area contributed by atoms with Crippen LogP contribution < -0.4 is 5.32 Å². The number of rotatable bonds is 7. The lowest BCUT2D eigenvalue weighted by Crippen LogP contribution is -2.55. The van der Waals surface area contributed by atoms with Gasteiger partial charge < -0.3 is 15.2 Å². The number of aliphatic imine (C=N–C) groups is 1. The highest BCUT2D eigenvalue weighted by atomic mass is 35.5. The molecule has 0 atom stereocenters. The molecule has 1 aliphatic rings. The number of ether oxygens (including phenoxy) is 1. The number of nitrogens with one attached hydrogen (secondary N) is 1. The molecule has 0 aromatic heterocycles. The summed E-state index contributed by atoms with van der Waals surface area (Å²) in [6.45, 7) is 4.35. The monoisotopic (exact) mass is 478 g/mol. The van der Waals surface area contributed by atoms with E-state index in [0.717, 1.165) is 6.08 Å². The summed E-state index contributed by atoms with van der Waals surface area (Å²) in [5, 5.41) is 13.0. The molecule has 1 fully saturated rings. The number of hydrogen-bond acceptors (Lipinski definition) is 4. The predicted octanol–water partition coefficient (Wildman–Crippen LogP) is 5.16. The molecule has 1 saturated heterocycles. The van der Waals surface area contributed by atoms with Gasteiger partial charge in [0.15, 0.2) is 0 Å². The number of benzene rings is 2. The van der Waals surface area contributed by atoms with E-state index in [4.69, 9.17) is 16.3 Å². The molecule has 0 bridgehead atoms. The SMILES string of the molecule is C=N/C(=C\C(CO)=C(/C)c1ccc(C2(C(=O)Nc3ccc(Cl)cc3)COC2)cc1)C(F)(F)F. The number of allylic oxidation sites excluding steroid dienone is 2. The second kappa shape index (κ2) is 9.91. The highest BCUT2D eigenvalue weighted by Gasteiger charge is 2.47. The van der Waals surface area contributed by atoms with Crippen LogP contribution >= 0.6 is 11.6 Å². The van der Waals surface area contributed by atoms with E-state index < -0.39 is 23.9 Å². The van der Waals surface area contributed by atoms with E-state index in [2.05, 4.69) is 17.0 Å². The van der Waals surface area contributed by atoms with E-state index in [1.165, 1.54) is 0 Å². The van der Waals surface area contributed by atoms with Crippen molar-refractivity contribution in [3.63, 3.8) is 0 Å². The Hall–Kier alpha value is -2.94. The zero-order valence-electron chi connectivity index (χ0n) is 17.7. The van der Waals surface area contributed by atoms with Gasteiger partial charge in [-0.15, -0.1) is 0 Å². The number of hydrogen-bond donors (Lipinski definition) is 2. The van der Waals surface area contributed by atoms with E-state index in [1.807, 2.05) is 0 Å². The van der Waals surface area contributed by atoms with E-state index in [9.17, 15) is 23.1 Å². The standard InChI is InChI=1S/C24H22ClF3N2O3/c1-15(17(12-31)11-21(29-2)24(26,27)28)16-3-5-18(6-4-16)23(13-33-14-23)22(32)30-20-9-7-19(25)8-10-20/h3-11,31H,2,12-14H2,1H3,(H,30,32)/b17-15-,21-11-. The van der Waals surface area contributed by atoms with Crippen LogP contribution in [-0.2, 0) is 14.9 Å². The highest BCUT2D eigenvalue weighted by Crippen LogP contribution is 2.35. The van der Waals surface area contributed by atoms with Gasteiger partial charge in [0.1, 0.15) is 11.1 Å². The lowest BCUT2D eigenvalue weighted by molar-refractivity contribution is -0.139. The molecule has 33 heavy (non-hydrogen) atoms. The van der Waals surface area contributed by atoms with Crippen molar-refractivity contribution in [2.45, 2.75) is 18.5 Å². The molecule has 0 unspecified atom stereocenters. The maximum absolute atomic E-state index is 13.0. The number of carbonyl (C=O) groups is 1. The van der Waals surface area contributed by atoms with Gasteiger partial charge in [-0.2, -0.15) is 13.2 Å². The number of aliphatic hydroxyl groups excluding tert-OH is 1. The number of alkyl halides is 3. The Balaban J connectivity index is 1.87. The molecule has 0 radical (unpaired) electrons. The van der Waals surface area contributed by atoms with Gasteiger partial charge in [-0.05, 0) is 66.3 Å². The normalized spacial score (nSPS) is 16.5. The average molecular weight is 479 g/mol. The zero-order chi connectivity index (χ0) is 24.2. The summed E-state index contributed by atoms with van der Waals surface area (Å²) >= 11 is 5.88. The fourth-order valence-corrected chi connectivity index (χ4v) is 3.52. The molecule has 0 aliphatic carbocycles. The largest absolute Gasteiger partial charge is 0.433 e. The Kier molecular flexibility index (Phi) is 7.41. The van der Waals surface area contributed by atoms with Crippen LogP contribution in [0.25, 0.3) is 5.57 Å². The van der Waals surface area contributed by atoms with Crippen molar-refractivity contribution in [2.24, 2.45) is 4.99 Å². The number of amides is 1. The van der Waals surface area contributed by atoms with E-state index in [1.54, 1.807) is 55.5 Å². The molecule has 1 amide bonds. The first-order valence-electron chi connectivity index (χ1n) is 9.92. The number of halogens is 4. The summed E-state index contributed by atoms with van der Waals surface area (Å²) in [6, 6.07) is 13.6. The average Bonchev–Trinajstić information content (AvgIpc) is 2.74.